The number of hydrogen-bond acceptors (Lipinski definition) is 8. The summed E-state index contributed by atoms with van der Waals surface area (Å²) in [6, 6.07) is 15.5. The summed E-state index contributed by atoms with van der Waals surface area (Å²) >= 11 is 1.42. The van der Waals surface area contributed by atoms with Gasteiger partial charge in [-0.15, -0.1) is 16.4 Å². The van der Waals surface area contributed by atoms with Crippen LogP contribution in [0.1, 0.15) is 39.5 Å². The first-order valence-corrected chi connectivity index (χ1v) is 12.8. The number of carbonyl (C=O) groups is 1. The predicted octanol–water partition coefficient (Wildman–Crippen LogP) is 4.43. The fraction of sp³-hybridized carbons (Fsp3) is 0.0690. The molecule has 9 nitrogen and oxygen atoms in total. The molecular formula is C29H20N6O3S. The summed E-state index contributed by atoms with van der Waals surface area (Å²) in [5.41, 5.74) is 9.88. The molecule has 0 aliphatic rings. The summed E-state index contributed by atoms with van der Waals surface area (Å²) in [5.74, 6) is 6.02. The molecule has 6 rings (SSSR count). The van der Waals surface area contributed by atoms with Crippen LogP contribution in [0.2, 0.25) is 0 Å². The van der Waals surface area contributed by atoms with Crippen LogP contribution in [0, 0.1) is 11.8 Å². The Balaban J connectivity index is 1.48. The molecular weight excluding hydrogens is 512 g/mol. The predicted molar refractivity (Wildman–Crippen MR) is 149 cm³/mol. The van der Waals surface area contributed by atoms with Gasteiger partial charge >= 0.3 is 0 Å². The molecule has 0 spiro atoms. The Morgan fingerprint density at radius 3 is 2.77 bits per heavy atom. The first kappa shape index (κ1) is 24.1. The maximum absolute atomic E-state index is 14.1. The van der Waals surface area contributed by atoms with E-state index in [0.29, 0.717) is 39.1 Å². The van der Waals surface area contributed by atoms with Crippen LogP contribution in [0.5, 0.6) is 0 Å². The number of nitrogens with one attached hydrogen (secondary N) is 1. The van der Waals surface area contributed by atoms with Crippen LogP contribution in [0.25, 0.3) is 27.7 Å². The zero-order valence-electron chi connectivity index (χ0n) is 20.6. The number of nitrogen functional groups attached to an aromatic ring is 1. The van der Waals surface area contributed by atoms with Gasteiger partial charge in [0.1, 0.15) is 16.9 Å². The normalized spacial score (nSPS) is 11.7. The highest BCUT2D eigenvalue weighted by molar-refractivity contribution is 7.10. The lowest BCUT2D eigenvalue weighted by molar-refractivity contribution is 0.0938. The Kier molecular flexibility index (Phi) is 6.11. The summed E-state index contributed by atoms with van der Waals surface area (Å²) < 4.78 is 7.78. The molecule has 39 heavy (non-hydrogen) atoms. The molecule has 1 atom stereocenters. The lowest BCUT2D eigenvalue weighted by Gasteiger charge is -2.18. The summed E-state index contributed by atoms with van der Waals surface area (Å²) in [7, 11) is 0. The number of amides is 1. The average molecular weight is 533 g/mol. The SMILES string of the molecule is CC(NC(=O)c1c(N)nn2cccnc12)c1oc2cccc(C#Cc3cncs3)c2c(=O)c1-c1ccccc1. The third-order valence-corrected chi connectivity index (χ3v) is 6.84. The van der Waals surface area contributed by atoms with Crippen LogP contribution in [-0.4, -0.2) is 25.5 Å². The zero-order valence-corrected chi connectivity index (χ0v) is 21.4. The Morgan fingerprint density at radius 2 is 1.97 bits per heavy atom. The molecule has 4 heterocycles. The van der Waals surface area contributed by atoms with E-state index >= 15 is 0 Å². The van der Waals surface area contributed by atoms with Crippen LogP contribution in [-0.2, 0) is 0 Å². The van der Waals surface area contributed by atoms with Crippen molar-refractivity contribution >= 4 is 39.7 Å². The number of anilines is 1. The van der Waals surface area contributed by atoms with E-state index in [0.717, 1.165) is 4.88 Å². The third kappa shape index (κ3) is 4.41. The third-order valence-electron chi connectivity index (χ3n) is 6.15. The molecule has 10 heteroatoms. The molecule has 6 aromatic rings. The molecule has 4 aromatic heterocycles. The molecule has 0 saturated carbocycles. The smallest absolute Gasteiger partial charge is 0.259 e. The number of nitrogens with two attached hydrogens (primary N) is 1. The summed E-state index contributed by atoms with van der Waals surface area (Å²) in [6.45, 7) is 1.75. The Labute approximate surface area is 226 Å². The number of carbonyl (C=O) groups excluding carboxylic acids is 1. The number of thiazole rings is 1. The fourth-order valence-electron chi connectivity index (χ4n) is 4.41. The Morgan fingerprint density at radius 1 is 1.13 bits per heavy atom. The van der Waals surface area contributed by atoms with Crippen molar-refractivity contribution in [3.05, 3.63) is 111 Å². The van der Waals surface area contributed by atoms with Crippen LogP contribution in [0.4, 0.5) is 5.82 Å². The lowest BCUT2D eigenvalue weighted by atomic mass is 9.97. The molecule has 0 radical (unpaired) electrons. The van der Waals surface area contributed by atoms with E-state index in [2.05, 4.69) is 32.2 Å². The second-order valence-corrected chi connectivity index (χ2v) is 9.56. The molecule has 190 valence electrons. The van der Waals surface area contributed by atoms with Crippen molar-refractivity contribution in [2.75, 3.05) is 5.73 Å². The van der Waals surface area contributed by atoms with Gasteiger partial charge in [-0.05, 0) is 36.6 Å². The molecule has 3 N–H and O–H groups in total. The van der Waals surface area contributed by atoms with Gasteiger partial charge in [0.05, 0.1) is 33.6 Å². The minimum absolute atomic E-state index is 0.0470. The van der Waals surface area contributed by atoms with E-state index < -0.39 is 11.9 Å². The van der Waals surface area contributed by atoms with Gasteiger partial charge in [0, 0.05) is 18.0 Å². The standard InChI is InChI=1S/C29H20N6O3S/c1-17(33-29(37)24-27(30)34-35-14-6-13-32-28(24)35)26-23(18-7-3-2-4-8-18)25(36)22-19(9-5-10-21(22)38-26)11-12-20-15-31-16-39-20/h2-10,13-17H,1H3,(H2,30,34)(H,33,37). The van der Waals surface area contributed by atoms with Crippen molar-refractivity contribution in [1.29, 1.82) is 0 Å². The lowest BCUT2D eigenvalue weighted by Crippen LogP contribution is -2.28. The van der Waals surface area contributed by atoms with E-state index in [1.54, 1.807) is 55.3 Å². The van der Waals surface area contributed by atoms with Gasteiger partial charge in [0.15, 0.2) is 11.5 Å². The van der Waals surface area contributed by atoms with Crippen molar-refractivity contribution in [3.8, 4) is 23.0 Å². The zero-order chi connectivity index (χ0) is 26.9. The van der Waals surface area contributed by atoms with E-state index in [4.69, 9.17) is 10.2 Å². The molecule has 1 amide bonds. The first-order chi connectivity index (χ1) is 19.0. The fourth-order valence-corrected chi connectivity index (χ4v) is 4.87. The van der Waals surface area contributed by atoms with Gasteiger partial charge in [-0.2, -0.15) is 0 Å². The largest absolute Gasteiger partial charge is 0.458 e. The van der Waals surface area contributed by atoms with Crippen LogP contribution >= 0.6 is 11.3 Å². The van der Waals surface area contributed by atoms with Crippen molar-refractivity contribution < 1.29 is 9.21 Å². The summed E-state index contributed by atoms with van der Waals surface area (Å²) in [4.78, 5) is 36.5. The number of aromatic nitrogens is 4. The molecule has 0 fully saturated rings. The number of benzene rings is 2. The van der Waals surface area contributed by atoms with Gasteiger partial charge in [0.25, 0.3) is 5.91 Å². The van der Waals surface area contributed by atoms with Crippen LogP contribution < -0.4 is 16.5 Å². The van der Waals surface area contributed by atoms with Gasteiger partial charge in [0.2, 0.25) is 5.43 Å². The van der Waals surface area contributed by atoms with E-state index in [-0.39, 0.29) is 16.8 Å². The Hall–Kier alpha value is -5.27. The van der Waals surface area contributed by atoms with Crippen molar-refractivity contribution in [2.24, 2.45) is 0 Å². The number of nitrogens with zero attached hydrogens (tertiary/aromatic N) is 4. The quantitative estimate of drug-likeness (QED) is 0.321. The minimum atomic E-state index is -0.699. The number of fused-ring (bicyclic) bond motifs is 2. The maximum atomic E-state index is 14.1. The molecule has 0 saturated heterocycles. The summed E-state index contributed by atoms with van der Waals surface area (Å²) in [6.07, 6.45) is 4.89. The molecule has 2 aromatic carbocycles. The maximum Gasteiger partial charge on any atom is 0.259 e. The van der Waals surface area contributed by atoms with E-state index in [9.17, 15) is 9.59 Å². The van der Waals surface area contributed by atoms with E-state index in [1.807, 2.05) is 30.3 Å². The van der Waals surface area contributed by atoms with Crippen molar-refractivity contribution in [2.45, 2.75) is 13.0 Å². The number of rotatable bonds is 4. The highest BCUT2D eigenvalue weighted by Crippen LogP contribution is 2.30. The second kappa shape index (κ2) is 9.89. The Bertz CT molecular complexity index is 1970. The number of hydrogen-bond donors (Lipinski definition) is 2. The molecule has 0 bridgehead atoms. The van der Waals surface area contributed by atoms with Crippen LogP contribution in [0.15, 0.2) is 87.9 Å². The van der Waals surface area contributed by atoms with Crippen molar-refractivity contribution in [3.63, 3.8) is 0 Å². The molecule has 0 aliphatic heterocycles. The summed E-state index contributed by atoms with van der Waals surface area (Å²) in [5, 5.41) is 7.44. The van der Waals surface area contributed by atoms with Gasteiger partial charge in [-0.1, -0.05) is 42.3 Å². The molecule has 0 aliphatic carbocycles. The highest BCUT2D eigenvalue weighted by atomic mass is 32.1. The minimum Gasteiger partial charge on any atom is -0.458 e. The van der Waals surface area contributed by atoms with Gasteiger partial charge in [-0.25, -0.2) is 9.50 Å². The van der Waals surface area contributed by atoms with E-state index in [1.165, 1.54) is 15.9 Å². The second-order valence-electron chi connectivity index (χ2n) is 8.67. The average Bonchev–Trinajstić information content (AvgIpc) is 3.59. The van der Waals surface area contributed by atoms with Crippen molar-refractivity contribution in [1.82, 2.24) is 24.9 Å². The first-order valence-electron chi connectivity index (χ1n) is 12.0. The topological polar surface area (TPSA) is 128 Å². The molecule has 1 unspecified atom stereocenters. The van der Waals surface area contributed by atoms with Gasteiger partial charge in [-0.3, -0.25) is 14.6 Å². The van der Waals surface area contributed by atoms with Gasteiger partial charge < -0.3 is 15.5 Å². The van der Waals surface area contributed by atoms with Crippen LogP contribution in [0.3, 0.4) is 0 Å². The highest BCUT2D eigenvalue weighted by Gasteiger charge is 2.26. The monoisotopic (exact) mass is 532 g/mol.